The first-order chi connectivity index (χ1) is 8.22. The van der Waals surface area contributed by atoms with Crippen LogP contribution in [-0.2, 0) is 0 Å². The molecule has 0 fully saturated rings. The van der Waals surface area contributed by atoms with E-state index in [1.807, 2.05) is 0 Å². The lowest BCUT2D eigenvalue weighted by atomic mass is 10.1. The van der Waals surface area contributed by atoms with Gasteiger partial charge in [0.1, 0.15) is 0 Å². The molecule has 2 rings (SSSR count). The fraction of sp³-hybridized carbons (Fsp3) is 0. The van der Waals surface area contributed by atoms with E-state index in [2.05, 4.69) is 9.97 Å². The fourth-order valence-electron chi connectivity index (χ4n) is 1.44. The third kappa shape index (κ3) is 2.21. The van der Waals surface area contributed by atoms with Crippen molar-refractivity contribution in [3.8, 4) is 11.1 Å². The molecule has 0 spiro atoms. The number of nitrogens with one attached hydrogen (secondary N) is 3. The fourth-order valence-corrected chi connectivity index (χ4v) is 1.44. The Kier molecular flexibility index (Phi) is 2.97. The molecule has 17 heavy (non-hydrogen) atoms. The Bertz CT molecular complexity index is 592. The van der Waals surface area contributed by atoms with Gasteiger partial charge >= 0.3 is 0 Å². The molecule has 4 N–H and O–H groups in total. The minimum Gasteiger partial charge on any atom is -0.328 e. The van der Waals surface area contributed by atoms with E-state index in [1.165, 1.54) is 6.07 Å². The van der Waals surface area contributed by atoms with E-state index in [9.17, 15) is 4.79 Å². The molecule has 0 bridgehead atoms. The molecule has 0 aliphatic heterocycles. The van der Waals surface area contributed by atoms with Crippen LogP contribution in [0.2, 0.25) is 0 Å². The zero-order valence-electron chi connectivity index (χ0n) is 8.77. The van der Waals surface area contributed by atoms with E-state index < -0.39 is 5.56 Å². The Hall–Kier alpha value is -2.47. The summed E-state index contributed by atoms with van der Waals surface area (Å²) in [5.74, 6) is -0.345. The predicted octanol–water partition coefficient (Wildman–Crippen LogP) is 0.741. The van der Waals surface area contributed by atoms with Crippen LogP contribution in [0, 0.1) is 5.41 Å². The van der Waals surface area contributed by atoms with E-state index >= 15 is 0 Å². The maximum atomic E-state index is 11.4. The highest BCUT2D eigenvalue weighted by molar-refractivity contribution is 5.96. The summed E-state index contributed by atoms with van der Waals surface area (Å²) in [6, 6.07) is 5.10. The highest BCUT2D eigenvalue weighted by atomic mass is 16.5. The van der Waals surface area contributed by atoms with Gasteiger partial charge in [0.2, 0.25) is 0 Å². The molecule has 0 amide bonds. The monoisotopic (exact) mass is 230 g/mol. The Labute approximate surface area is 96.4 Å². The molecule has 86 valence electrons. The first-order valence-electron chi connectivity index (χ1n) is 4.84. The summed E-state index contributed by atoms with van der Waals surface area (Å²) in [7, 11) is 0. The van der Waals surface area contributed by atoms with Crippen molar-refractivity contribution in [3.63, 3.8) is 0 Å². The van der Waals surface area contributed by atoms with Crippen LogP contribution in [-0.4, -0.2) is 21.0 Å². The Balaban J connectivity index is 2.52. The first kappa shape index (κ1) is 11.0. The van der Waals surface area contributed by atoms with E-state index in [1.54, 1.807) is 36.2 Å². The third-order valence-corrected chi connectivity index (χ3v) is 2.30. The number of hydrogen-bond donors (Lipinski definition) is 4. The van der Waals surface area contributed by atoms with Crippen LogP contribution in [0.3, 0.4) is 0 Å². The lowest BCUT2D eigenvalue weighted by Crippen LogP contribution is -2.26. The molecule has 0 unspecified atom stereocenters. The van der Waals surface area contributed by atoms with Crippen molar-refractivity contribution in [2.24, 2.45) is 0 Å². The van der Waals surface area contributed by atoms with Gasteiger partial charge in [0, 0.05) is 18.6 Å². The molecule has 0 aliphatic rings. The summed E-state index contributed by atoms with van der Waals surface area (Å²) in [5.41, 5.74) is 2.89. The highest BCUT2D eigenvalue weighted by Crippen LogP contribution is 2.16. The van der Waals surface area contributed by atoms with Crippen LogP contribution in [0.5, 0.6) is 0 Å². The number of hydroxylamine groups is 1. The van der Waals surface area contributed by atoms with Crippen LogP contribution in [0.25, 0.3) is 11.1 Å². The van der Waals surface area contributed by atoms with Crippen molar-refractivity contribution in [1.29, 1.82) is 5.41 Å². The molecule has 0 radical (unpaired) electrons. The Morgan fingerprint density at radius 2 is 2.06 bits per heavy atom. The van der Waals surface area contributed by atoms with Gasteiger partial charge in [-0.1, -0.05) is 0 Å². The predicted molar refractivity (Wildman–Crippen MR) is 62.0 cm³/mol. The van der Waals surface area contributed by atoms with Gasteiger partial charge in [0.25, 0.3) is 5.56 Å². The van der Waals surface area contributed by atoms with Crippen LogP contribution in [0.1, 0.15) is 5.56 Å². The van der Waals surface area contributed by atoms with Gasteiger partial charge in [0.15, 0.2) is 5.84 Å². The zero-order valence-corrected chi connectivity index (χ0v) is 8.77. The van der Waals surface area contributed by atoms with Crippen molar-refractivity contribution >= 4 is 5.84 Å². The van der Waals surface area contributed by atoms with Crippen LogP contribution >= 0.6 is 0 Å². The van der Waals surface area contributed by atoms with Gasteiger partial charge in [-0.3, -0.25) is 25.9 Å². The van der Waals surface area contributed by atoms with Crippen molar-refractivity contribution in [3.05, 3.63) is 52.7 Å². The second kappa shape index (κ2) is 4.58. The summed E-state index contributed by atoms with van der Waals surface area (Å²) >= 11 is 0. The summed E-state index contributed by atoms with van der Waals surface area (Å²) in [6.07, 6.45) is 4.82. The Morgan fingerprint density at radius 3 is 2.71 bits per heavy atom. The number of nitrogens with zero attached hydrogens (tertiary/aromatic N) is 1. The minimum atomic E-state index is -0.436. The largest absolute Gasteiger partial charge is 0.328 e. The normalized spacial score (nSPS) is 9.94. The van der Waals surface area contributed by atoms with Gasteiger partial charge in [-0.15, -0.1) is 0 Å². The van der Waals surface area contributed by atoms with Crippen LogP contribution < -0.4 is 11.0 Å². The van der Waals surface area contributed by atoms with Crippen LogP contribution in [0.15, 0.2) is 41.6 Å². The average molecular weight is 230 g/mol. The van der Waals surface area contributed by atoms with Crippen molar-refractivity contribution in [2.75, 3.05) is 0 Å². The topological polar surface area (TPSA) is 102 Å². The average Bonchev–Trinajstić information content (AvgIpc) is 2.39. The first-order valence-corrected chi connectivity index (χ1v) is 4.84. The van der Waals surface area contributed by atoms with Gasteiger partial charge in [0.05, 0.1) is 5.56 Å². The molecular formula is C11H10N4O2. The number of pyridine rings is 2. The third-order valence-electron chi connectivity index (χ3n) is 2.30. The molecule has 6 nitrogen and oxygen atoms in total. The minimum absolute atomic E-state index is 0.0711. The summed E-state index contributed by atoms with van der Waals surface area (Å²) in [6.45, 7) is 0. The smallest absolute Gasteiger partial charge is 0.259 e. The number of hydrogen-bond acceptors (Lipinski definition) is 4. The van der Waals surface area contributed by atoms with Crippen LogP contribution in [0.4, 0.5) is 0 Å². The number of amidine groups is 1. The molecule has 6 heteroatoms. The van der Waals surface area contributed by atoms with E-state index in [-0.39, 0.29) is 11.4 Å². The zero-order chi connectivity index (χ0) is 12.3. The molecule has 0 saturated carbocycles. The maximum Gasteiger partial charge on any atom is 0.259 e. The number of aromatic nitrogens is 2. The molecular weight excluding hydrogens is 220 g/mol. The SMILES string of the molecule is N=C(NO)c1cc(-c2ccncc2)c[nH]c1=O. The van der Waals surface area contributed by atoms with Gasteiger partial charge in [-0.25, -0.2) is 0 Å². The molecule has 0 saturated heterocycles. The molecule has 0 aromatic carbocycles. The van der Waals surface area contributed by atoms with Crippen molar-refractivity contribution < 1.29 is 5.21 Å². The highest BCUT2D eigenvalue weighted by Gasteiger charge is 2.07. The van der Waals surface area contributed by atoms with Gasteiger partial charge in [-0.2, -0.15) is 0 Å². The van der Waals surface area contributed by atoms with E-state index in [0.29, 0.717) is 0 Å². The van der Waals surface area contributed by atoms with Gasteiger partial charge in [-0.05, 0) is 29.3 Å². The standard InChI is InChI=1S/C11H10N4O2/c12-10(15-17)9-5-8(6-14-11(9)16)7-1-3-13-4-2-7/h1-6,17H,(H2,12,15)(H,14,16). The number of aromatic amines is 1. The van der Waals surface area contributed by atoms with E-state index in [0.717, 1.165) is 11.1 Å². The summed E-state index contributed by atoms with van der Waals surface area (Å²) in [5, 5.41) is 16.0. The quantitative estimate of drug-likeness (QED) is 0.347. The Morgan fingerprint density at radius 1 is 1.35 bits per heavy atom. The lowest BCUT2D eigenvalue weighted by molar-refractivity contribution is 0.234. The van der Waals surface area contributed by atoms with Crippen molar-refractivity contribution in [2.45, 2.75) is 0 Å². The second-order valence-electron chi connectivity index (χ2n) is 3.35. The van der Waals surface area contributed by atoms with Crippen molar-refractivity contribution in [1.82, 2.24) is 15.4 Å². The second-order valence-corrected chi connectivity index (χ2v) is 3.35. The summed E-state index contributed by atoms with van der Waals surface area (Å²) < 4.78 is 0. The molecule has 0 aliphatic carbocycles. The van der Waals surface area contributed by atoms with E-state index in [4.69, 9.17) is 10.6 Å². The number of rotatable bonds is 2. The molecule has 2 aromatic heterocycles. The van der Waals surface area contributed by atoms with Gasteiger partial charge < -0.3 is 4.98 Å². The maximum absolute atomic E-state index is 11.4. The number of H-pyrrole nitrogens is 1. The molecule has 2 aromatic rings. The molecule has 0 atom stereocenters. The summed E-state index contributed by atoms with van der Waals surface area (Å²) in [4.78, 5) is 17.9. The molecule has 2 heterocycles. The lowest BCUT2D eigenvalue weighted by Gasteiger charge is -2.04.